The van der Waals surface area contributed by atoms with Crippen molar-refractivity contribution < 1.29 is 4.39 Å². The smallest absolute Gasteiger partial charge is 0.125 e. The summed E-state index contributed by atoms with van der Waals surface area (Å²) in [6.45, 7) is 4.55. The van der Waals surface area contributed by atoms with Gasteiger partial charge in [-0.3, -0.25) is 4.68 Å². The maximum Gasteiger partial charge on any atom is 0.125 e. The number of nitrogens with one attached hydrogen (secondary N) is 1. The first-order chi connectivity index (χ1) is 8.06. The quantitative estimate of drug-likeness (QED) is 0.883. The van der Waals surface area contributed by atoms with E-state index < -0.39 is 0 Å². The molecule has 0 fully saturated rings. The average molecular weight is 233 g/mol. The van der Waals surface area contributed by atoms with E-state index in [0.717, 1.165) is 22.5 Å². The van der Waals surface area contributed by atoms with Gasteiger partial charge in [-0.25, -0.2) is 4.39 Å². The first kappa shape index (κ1) is 11.6. The molecule has 90 valence electrons. The highest BCUT2D eigenvalue weighted by atomic mass is 19.1. The van der Waals surface area contributed by atoms with E-state index in [1.165, 1.54) is 12.1 Å². The van der Waals surface area contributed by atoms with Crippen LogP contribution in [0.15, 0.2) is 24.4 Å². The molecule has 0 bridgehead atoms. The second-order valence-corrected chi connectivity index (χ2v) is 4.25. The minimum atomic E-state index is -0.213. The van der Waals surface area contributed by atoms with Crippen molar-refractivity contribution in [3.05, 3.63) is 47.0 Å². The number of nitrogens with zero attached hydrogens (tertiary/aromatic N) is 2. The van der Waals surface area contributed by atoms with Crippen LogP contribution in [0, 0.1) is 19.7 Å². The van der Waals surface area contributed by atoms with Crippen molar-refractivity contribution in [2.24, 2.45) is 7.05 Å². The van der Waals surface area contributed by atoms with Crippen molar-refractivity contribution in [3.63, 3.8) is 0 Å². The summed E-state index contributed by atoms with van der Waals surface area (Å²) in [7, 11) is 1.91. The molecule has 4 heteroatoms. The van der Waals surface area contributed by atoms with E-state index in [9.17, 15) is 4.39 Å². The fourth-order valence-corrected chi connectivity index (χ4v) is 1.75. The Balaban J connectivity index is 2.09. The van der Waals surface area contributed by atoms with Crippen molar-refractivity contribution in [2.45, 2.75) is 20.4 Å². The molecule has 1 heterocycles. The van der Waals surface area contributed by atoms with Crippen LogP contribution < -0.4 is 5.32 Å². The van der Waals surface area contributed by atoms with Crippen LogP contribution >= 0.6 is 0 Å². The van der Waals surface area contributed by atoms with Crippen LogP contribution in [0.3, 0.4) is 0 Å². The summed E-state index contributed by atoms with van der Waals surface area (Å²) in [5.41, 5.74) is 3.95. The van der Waals surface area contributed by atoms with Crippen LogP contribution in [0.5, 0.6) is 0 Å². The predicted molar refractivity (Wildman–Crippen MR) is 66.4 cm³/mol. The van der Waals surface area contributed by atoms with Crippen molar-refractivity contribution in [2.75, 3.05) is 5.32 Å². The zero-order valence-electron chi connectivity index (χ0n) is 10.3. The predicted octanol–water partition coefficient (Wildman–Crippen LogP) is 2.79. The summed E-state index contributed by atoms with van der Waals surface area (Å²) in [5, 5.41) is 7.37. The van der Waals surface area contributed by atoms with Gasteiger partial charge in [-0.1, -0.05) is 0 Å². The molecule has 1 aromatic carbocycles. The van der Waals surface area contributed by atoms with Gasteiger partial charge in [-0.2, -0.15) is 5.10 Å². The summed E-state index contributed by atoms with van der Waals surface area (Å²) in [4.78, 5) is 0. The van der Waals surface area contributed by atoms with Gasteiger partial charge in [-0.05, 0) is 37.6 Å². The van der Waals surface area contributed by atoms with E-state index in [1.54, 1.807) is 0 Å². The van der Waals surface area contributed by atoms with Gasteiger partial charge < -0.3 is 5.32 Å². The Bertz CT molecular complexity index is 511. The summed E-state index contributed by atoms with van der Waals surface area (Å²) < 4.78 is 15.0. The van der Waals surface area contributed by atoms with E-state index in [1.807, 2.05) is 37.8 Å². The number of aryl methyl sites for hydroxylation is 2. The lowest BCUT2D eigenvalue weighted by atomic mass is 10.2. The van der Waals surface area contributed by atoms with Gasteiger partial charge in [-0.15, -0.1) is 0 Å². The van der Waals surface area contributed by atoms with Crippen LogP contribution in [0.1, 0.15) is 16.8 Å². The largest absolute Gasteiger partial charge is 0.381 e. The molecule has 2 rings (SSSR count). The van der Waals surface area contributed by atoms with Gasteiger partial charge >= 0.3 is 0 Å². The van der Waals surface area contributed by atoms with Crippen LogP contribution in [-0.4, -0.2) is 9.78 Å². The first-order valence-electron chi connectivity index (χ1n) is 5.55. The van der Waals surface area contributed by atoms with Crippen molar-refractivity contribution in [1.82, 2.24) is 9.78 Å². The molecule has 0 radical (unpaired) electrons. The van der Waals surface area contributed by atoms with E-state index >= 15 is 0 Å². The van der Waals surface area contributed by atoms with E-state index in [4.69, 9.17) is 0 Å². The molecule has 0 aliphatic carbocycles. The number of halogens is 1. The van der Waals surface area contributed by atoms with Gasteiger partial charge in [0, 0.05) is 30.5 Å². The average Bonchev–Trinajstić information content (AvgIpc) is 2.56. The molecule has 0 unspecified atom stereocenters. The van der Waals surface area contributed by atoms with Gasteiger partial charge in [0.1, 0.15) is 5.82 Å². The Morgan fingerprint density at radius 2 is 2.06 bits per heavy atom. The molecule has 0 saturated carbocycles. The minimum Gasteiger partial charge on any atom is -0.381 e. The van der Waals surface area contributed by atoms with E-state index in [2.05, 4.69) is 10.4 Å². The van der Waals surface area contributed by atoms with Crippen LogP contribution in [0.25, 0.3) is 0 Å². The Morgan fingerprint density at radius 1 is 1.29 bits per heavy atom. The zero-order chi connectivity index (χ0) is 12.4. The highest BCUT2D eigenvalue weighted by molar-refractivity contribution is 5.46. The summed E-state index contributed by atoms with van der Waals surface area (Å²) in [6.07, 6.45) is 1.83. The molecule has 1 aromatic heterocycles. The molecule has 3 nitrogen and oxygen atoms in total. The lowest BCUT2D eigenvalue weighted by Gasteiger charge is -2.07. The van der Waals surface area contributed by atoms with Crippen molar-refractivity contribution >= 4 is 5.69 Å². The third-order valence-electron chi connectivity index (χ3n) is 2.86. The van der Waals surface area contributed by atoms with Crippen molar-refractivity contribution in [1.29, 1.82) is 0 Å². The number of benzene rings is 1. The molecular weight excluding hydrogens is 217 g/mol. The molecule has 17 heavy (non-hydrogen) atoms. The Kier molecular flexibility index (Phi) is 3.13. The maximum atomic E-state index is 13.2. The lowest BCUT2D eigenvalue weighted by Crippen LogP contribution is -2.02. The molecule has 0 aliphatic rings. The topological polar surface area (TPSA) is 29.9 Å². The third kappa shape index (κ3) is 2.64. The number of anilines is 1. The number of hydrogen-bond acceptors (Lipinski definition) is 2. The lowest BCUT2D eigenvalue weighted by molar-refractivity contribution is 0.627. The van der Waals surface area contributed by atoms with Crippen LogP contribution in [0.2, 0.25) is 0 Å². The van der Waals surface area contributed by atoms with Gasteiger partial charge in [0.2, 0.25) is 0 Å². The van der Waals surface area contributed by atoms with Gasteiger partial charge in [0.05, 0.1) is 6.20 Å². The highest BCUT2D eigenvalue weighted by Gasteiger charge is 2.04. The third-order valence-corrected chi connectivity index (χ3v) is 2.86. The fourth-order valence-electron chi connectivity index (χ4n) is 1.75. The summed E-state index contributed by atoms with van der Waals surface area (Å²) in [6, 6.07) is 4.94. The normalized spacial score (nSPS) is 10.6. The number of aromatic nitrogens is 2. The standard InChI is InChI=1S/C13H16FN3/c1-9-4-12(14)6-13(5-9)15-7-11-8-16-17(3)10(11)2/h4-6,8,15H,7H2,1-3H3. The monoisotopic (exact) mass is 233 g/mol. The Labute approximate surface area is 100 Å². The van der Waals surface area contributed by atoms with E-state index in [0.29, 0.717) is 6.54 Å². The van der Waals surface area contributed by atoms with Crippen LogP contribution in [-0.2, 0) is 13.6 Å². The van der Waals surface area contributed by atoms with Gasteiger partial charge in [0.15, 0.2) is 0 Å². The molecule has 0 amide bonds. The first-order valence-corrected chi connectivity index (χ1v) is 5.55. The molecule has 2 aromatic rings. The summed E-state index contributed by atoms with van der Waals surface area (Å²) in [5.74, 6) is -0.213. The Morgan fingerprint density at radius 3 is 2.65 bits per heavy atom. The Hall–Kier alpha value is -1.84. The highest BCUT2D eigenvalue weighted by Crippen LogP contribution is 2.15. The minimum absolute atomic E-state index is 0.213. The molecule has 0 spiro atoms. The van der Waals surface area contributed by atoms with Gasteiger partial charge in [0.25, 0.3) is 0 Å². The summed E-state index contributed by atoms with van der Waals surface area (Å²) >= 11 is 0. The van der Waals surface area contributed by atoms with Crippen molar-refractivity contribution in [3.8, 4) is 0 Å². The molecular formula is C13H16FN3. The number of rotatable bonds is 3. The molecule has 0 atom stereocenters. The van der Waals surface area contributed by atoms with Crippen LogP contribution in [0.4, 0.5) is 10.1 Å². The van der Waals surface area contributed by atoms with E-state index in [-0.39, 0.29) is 5.82 Å². The second-order valence-electron chi connectivity index (χ2n) is 4.25. The molecule has 0 saturated heterocycles. The zero-order valence-corrected chi connectivity index (χ0v) is 10.3. The number of hydrogen-bond donors (Lipinski definition) is 1. The SMILES string of the molecule is Cc1cc(F)cc(NCc2cnn(C)c2C)c1. The molecule has 1 N–H and O–H groups in total. The molecule has 0 aliphatic heterocycles. The maximum absolute atomic E-state index is 13.2. The fraction of sp³-hybridized carbons (Fsp3) is 0.308. The second kappa shape index (κ2) is 4.57.